The van der Waals surface area contributed by atoms with E-state index in [1.54, 1.807) is 23.9 Å². The lowest BCUT2D eigenvalue weighted by atomic mass is 9.78. The van der Waals surface area contributed by atoms with Gasteiger partial charge in [-0.3, -0.25) is 9.63 Å². The molecule has 7 heteroatoms. The van der Waals surface area contributed by atoms with E-state index in [0.29, 0.717) is 36.7 Å². The van der Waals surface area contributed by atoms with Crippen molar-refractivity contribution in [1.82, 2.24) is 5.48 Å². The molecule has 5 nitrogen and oxygen atoms in total. The lowest BCUT2D eigenvalue weighted by Gasteiger charge is -2.39. The minimum Gasteiger partial charge on any atom is -0.457 e. The molecule has 2 fully saturated rings. The molecule has 5 rings (SSSR count). The Balaban J connectivity index is 1.21. The molecular weight excluding hydrogens is 465 g/mol. The molecule has 2 saturated heterocycles. The van der Waals surface area contributed by atoms with E-state index in [4.69, 9.17) is 14.3 Å². The van der Waals surface area contributed by atoms with Gasteiger partial charge in [0.05, 0.1) is 24.2 Å². The van der Waals surface area contributed by atoms with Crippen molar-refractivity contribution in [3.8, 4) is 11.5 Å². The Labute approximate surface area is 208 Å². The van der Waals surface area contributed by atoms with E-state index in [0.717, 1.165) is 23.3 Å². The lowest BCUT2D eigenvalue weighted by molar-refractivity contribution is -0.153. The number of amides is 1. The predicted molar refractivity (Wildman–Crippen MR) is 133 cm³/mol. The second-order valence-corrected chi connectivity index (χ2v) is 10.2. The van der Waals surface area contributed by atoms with Crippen molar-refractivity contribution in [3.05, 3.63) is 90.2 Å². The minimum atomic E-state index is -0.547. The number of hydrogen-bond acceptors (Lipinski definition) is 5. The third-order valence-electron chi connectivity index (χ3n) is 6.55. The first-order chi connectivity index (χ1) is 17.1. The van der Waals surface area contributed by atoms with Crippen LogP contribution in [0.15, 0.2) is 83.8 Å². The SMILES string of the molecule is O=C(NOCc1ccccc1)[C@@]1(CSc2ccc(Oc3ccc(F)cc3)cc2)C[C@H]2CC[C@@H](C1)O2. The van der Waals surface area contributed by atoms with Gasteiger partial charge < -0.3 is 9.47 Å². The Morgan fingerprint density at radius 2 is 1.57 bits per heavy atom. The Morgan fingerprint density at radius 1 is 0.943 bits per heavy atom. The number of carbonyl (C=O) groups is 1. The van der Waals surface area contributed by atoms with E-state index in [2.05, 4.69) is 5.48 Å². The van der Waals surface area contributed by atoms with Gasteiger partial charge in [0.15, 0.2) is 0 Å². The van der Waals surface area contributed by atoms with E-state index in [1.165, 1.54) is 12.1 Å². The van der Waals surface area contributed by atoms with Crippen LogP contribution in [0, 0.1) is 11.2 Å². The van der Waals surface area contributed by atoms with Crippen LogP contribution in [-0.2, 0) is 21.0 Å². The number of nitrogens with one attached hydrogen (secondary N) is 1. The summed E-state index contributed by atoms with van der Waals surface area (Å²) < 4.78 is 24.9. The van der Waals surface area contributed by atoms with Crippen LogP contribution < -0.4 is 10.2 Å². The number of benzene rings is 3. The van der Waals surface area contributed by atoms with Gasteiger partial charge >= 0.3 is 0 Å². The van der Waals surface area contributed by atoms with Crippen LogP contribution in [0.3, 0.4) is 0 Å². The van der Waals surface area contributed by atoms with Crippen LogP contribution in [0.4, 0.5) is 4.39 Å². The van der Waals surface area contributed by atoms with E-state index < -0.39 is 5.41 Å². The summed E-state index contributed by atoms with van der Waals surface area (Å²) in [6.07, 6.45) is 3.65. The van der Waals surface area contributed by atoms with Crippen molar-refractivity contribution < 1.29 is 23.5 Å². The largest absolute Gasteiger partial charge is 0.457 e. The molecule has 2 aliphatic heterocycles. The van der Waals surface area contributed by atoms with E-state index in [-0.39, 0.29) is 23.9 Å². The molecule has 3 aromatic carbocycles. The first-order valence-electron chi connectivity index (χ1n) is 11.9. The van der Waals surface area contributed by atoms with E-state index >= 15 is 0 Å². The summed E-state index contributed by atoms with van der Waals surface area (Å²) in [6.45, 7) is 0.328. The van der Waals surface area contributed by atoms with Crippen LogP contribution in [0.25, 0.3) is 0 Å². The molecule has 0 saturated carbocycles. The molecule has 2 heterocycles. The number of halogens is 1. The van der Waals surface area contributed by atoms with E-state index in [9.17, 15) is 9.18 Å². The number of rotatable bonds is 9. The third kappa shape index (κ3) is 6.04. The molecule has 182 valence electrons. The Kier molecular flexibility index (Phi) is 7.37. The third-order valence-corrected chi connectivity index (χ3v) is 7.85. The first-order valence-corrected chi connectivity index (χ1v) is 12.8. The molecule has 1 amide bonds. The summed E-state index contributed by atoms with van der Waals surface area (Å²) in [7, 11) is 0. The van der Waals surface area contributed by atoms with Crippen LogP contribution in [0.2, 0.25) is 0 Å². The molecule has 2 bridgehead atoms. The molecule has 0 aliphatic carbocycles. The van der Waals surface area contributed by atoms with Crippen molar-refractivity contribution in [3.63, 3.8) is 0 Å². The average Bonchev–Trinajstić information content (AvgIpc) is 3.23. The summed E-state index contributed by atoms with van der Waals surface area (Å²) in [5, 5.41) is 0. The van der Waals surface area contributed by atoms with Crippen LogP contribution in [-0.4, -0.2) is 23.9 Å². The molecular formula is C28H28FNO4S. The van der Waals surface area contributed by atoms with Crippen LogP contribution in [0.5, 0.6) is 11.5 Å². The van der Waals surface area contributed by atoms with Gasteiger partial charge in [-0.15, -0.1) is 11.8 Å². The zero-order chi connectivity index (χ0) is 24.1. The normalized spacial score (nSPS) is 23.1. The first kappa shape index (κ1) is 23.9. The van der Waals surface area contributed by atoms with E-state index in [1.807, 2.05) is 54.6 Å². The Bertz CT molecular complexity index is 1110. The maximum Gasteiger partial charge on any atom is 0.250 e. The van der Waals surface area contributed by atoms with Gasteiger partial charge in [0, 0.05) is 10.6 Å². The number of hydroxylamine groups is 1. The molecule has 2 aliphatic rings. The highest BCUT2D eigenvalue weighted by Gasteiger charge is 2.49. The van der Waals surface area contributed by atoms with Crippen molar-refractivity contribution in [1.29, 1.82) is 0 Å². The fourth-order valence-electron chi connectivity index (χ4n) is 4.74. The van der Waals surface area contributed by atoms with Crippen molar-refractivity contribution in [2.45, 2.75) is 49.4 Å². The van der Waals surface area contributed by atoms with Crippen molar-refractivity contribution in [2.24, 2.45) is 5.41 Å². The second-order valence-electron chi connectivity index (χ2n) is 9.17. The number of ether oxygens (including phenoxy) is 2. The number of thioether (sulfide) groups is 1. The minimum absolute atomic E-state index is 0.0719. The summed E-state index contributed by atoms with van der Waals surface area (Å²) in [6, 6.07) is 23.5. The van der Waals surface area contributed by atoms with Gasteiger partial charge in [0.1, 0.15) is 17.3 Å². The zero-order valence-corrected chi connectivity index (χ0v) is 20.1. The number of carbonyl (C=O) groups excluding carboxylic acids is 1. The highest BCUT2D eigenvalue weighted by molar-refractivity contribution is 7.99. The molecule has 1 N–H and O–H groups in total. The van der Waals surface area contributed by atoms with Gasteiger partial charge in [-0.1, -0.05) is 30.3 Å². The molecule has 0 spiro atoms. The Morgan fingerprint density at radius 3 is 2.23 bits per heavy atom. The average molecular weight is 494 g/mol. The van der Waals surface area contributed by atoms with Crippen LogP contribution in [0.1, 0.15) is 31.2 Å². The van der Waals surface area contributed by atoms with Gasteiger partial charge in [0.25, 0.3) is 5.91 Å². The molecule has 0 unspecified atom stereocenters. The lowest BCUT2D eigenvalue weighted by Crippen LogP contribution is -2.48. The monoisotopic (exact) mass is 493 g/mol. The van der Waals surface area contributed by atoms with Crippen LogP contribution >= 0.6 is 11.8 Å². The summed E-state index contributed by atoms with van der Waals surface area (Å²) in [4.78, 5) is 20.0. The molecule has 35 heavy (non-hydrogen) atoms. The highest BCUT2D eigenvalue weighted by Crippen LogP contribution is 2.46. The predicted octanol–water partition coefficient (Wildman–Crippen LogP) is 6.29. The second kappa shape index (κ2) is 10.8. The van der Waals surface area contributed by atoms with Crippen molar-refractivity contribution >= 4 is 17.7 Å². The number of hydrogen-bond donors (Lipinski definition) is 1. The molecule has 3 atom stereocenters. The smallest absolute Gasteiger partial charge is 0.250 e. The molecule has 0 aromatic heterocycles. The van der Waals surface area contributed by atoms with Crippen molar-refractivity contribution in [2.75, 3.05) is 5.75 Å². The quantitative estimate of drug-likeness (QED) is 0.281. The fourth-order valence-corrected chi connectivity index (χ4v) is 5.87. The topological polar surface area (TPSA) is 56.8 Å². The highest BCUT2D eigenvalue weighted by atomic mass is 32.2. The summed E-state index contributed by atoms with van der Waals surface area (Å²) in [5.74, 6) is 1.52. The standard InChI is InChI=1S/C28H28FNO4S/c29-21-6-8-22(9-7-21)33-23-12-14-26(15-13-23)35-19-28(16-24-10-11-25(17-28)34-24)27(31)30-32-18-20-4-2-1-3-5-20/h1-9,12-15,24-25H,10-11,16-19H2,(H,30,31)/t24-,25+,28+. The maximum atomic E-state index is 13.4. The zero-order valence-electron chi connectivity index (χ0n) is 19.3. The summed E-state index contributed by atoms with van der Waals surface area (Å²) in [5.41, 5.74) is 3.19. The number of fused-ring (bicyclic) bond motifs is 2. The van der Waals surface area contributed by atoms with Gasteiger partial charge in [0.2, 0.25) is 0 Å². The summed E-state index contributed by atoms with van der Waals surface area (Å²) >= 11 is 1.66. The fraction of sp³-hybridized carbons (Fsp3) is 0.321. The van der Waals surface area contributed by atoms with Gasteiger partial charge in [-0.25, -0.2) is 9.87 Å². The van der Waals surface area contributed by atoms with Gasteiger partial charge in [-0.2, -0.15) is 0 Å². The molecule has 3 aromatic rings. The molecule has 0 radical (unpaired) electrons. The Hall–Kier alpha value is -2.87. The maximum absolute atomic E-state index is 13.4. The van der Waals surface area contributed by atoms with Gasteiger partial charge in [-0.05, 0) is 79.8 Å².